The number of nitrogens with zero attached hydrogens (tertiary/aromatic N) is 7. The summed E-state index contributed by atoms with van der Waals surface area (Å²) in [6, 6.07) is 2.65. The maximum Gasteiger partial charge on any atom is 3.00 e. The summed E-state index contributed by atoms with van der Waals surface area (Å²) in [4.78, 5) is 128. The number of aromatic nitrogens is 2. The summed E-state index contributed by atoms with van der Waals surface area (Å²) in [6.45, 7) is 23.7. The molecule has 15 N–H and O–H groups in total. The second kappa shape index (κ2) is 28.5. The molecule has 1 aromatic carbocycles. The number of allylic oxidation sites excluding steroid dienone is 6. The summed E-state index contributed by atoms with van der Waals surface area (Å²) < 4.78 is 31.9. The number of carbonyl (C=O) groups is 7. The Labute approximate surface area is 551 Å². The van der Waals surface area contributed by atoms with Crippen molar-refractivity contribution in [3.8, 4) is 0 Å². The first kappa shape index (κ1) is 75.0. The largest absolute Gasteiger partial charge is 3.00 e. The van der Waals surface area contributed by atoms with Gasteiger partial charge in [-0.25, -0.2) is 4.98 Å². The van der Waals surface area contributed by atoms with Crippen LogP contribution in [0.2, 0.25) is 0 Å². The number of rotatable bonds is 26. The molecule has 28 nitrogen and oxygen atoms in total. The molecule has 7 amide bonds. The van der Waals surface area contributed by atoms with E-state index >= 15 is 0 Å². The molecule has 6 aliphatic heterocycles. The number of hydrogen-bond acceptors (Lipinski definition) is 19. The molecule has 93 heavy (non-hydrogen) atoms. The van der Waals surface area contributed by atoms with Crippen molar-refractivity contribution in [1.29, 1.82) is 5.26 Å². The van der Waals surface area contributed by atoms with Crippen LogP contribution in [0, 0.1) is 71.0 Å². The molecule has 2 fully saturated rings. The van der Waals surface area contributed by atoms with Gasteiger partial charge in [0.25, 0.3) is 7.82 Å². The summed E-state index contributed by atoms with van der Waals surface area (Å²) >= 11 is 0. The van der Waals surface area contributed by atoms with E-state index in [0.29, 0.717) is 56.4 Å². The average Bonchev–Trinajstić information content (AvgIpc) is 1.53. The van der Waals surface area contributed by atoms with Crippen LogP contribution in [-0.4, -0.2) is 127 Å². The second-order valence-corrected chi connectivity index (χ2v) is 28.3. The molecule has 2 unspecified atom stereocenters. The minimum absolute atomic E-state index is 0. The van der Waals surface area contributed by atoms with E-state index in [1.165, 1.54) is 17.8 Å². The van der Waals surface area contributed by atoms with Gasteiger partial charge < -0.3 is 90.3 Å². The number of carbonyl (C=O) groups excluding carboxylic acids is 7. The molecule has 0 saturated carbocycles. The molecule has 15 atom stereocenters. The van der Waals surface area contributed by atoms with Crippen LogP contribution < -0.4 is 44.6 Å². The van der Waals surface area contributed by atoms with E-state index in [0.717, 1.165) is 11.1 Å². The third-order valence-corrected chi connectivity index (χ3v) is 21.6. The Morgan fingerprint density at radius 3 is 1.96 bits per heavy atom. The van der Waals surface area contributed by atoms with Crippen LogP contribution in [0.1, 0.15) is 150 Å². The third kappa shape index (κ3) is 14.6. The second-order valence-electron chi connectivity index (χ2n) is 27.0. The summed E-state index contributed by atoms with van der Waals surface area (Å²) in [6.07, 6.45) is -4.79. The van der Waals surface area contributed by atoms with Crippen LogP contribution in [0.15, 0.2) is 67.8 Å². The normalized spacial score (nSPS) is 33.1. The van der Waals surface area contributed by atoms with E-state index in [9.17, 15) is 53.2 Å². The molecule has 7 heterocycles. The first-order chi connectivity index (χ1) is 42.8. The van der Waals surface area contributed by atoms with Gasteiger partial charge in [-0.1, -0.05) is 40.7 Å². The van der Waals surface area contributed by atoms with Crippen LogP contribution in [0.5, 0.6) is 0 Å². The number of aliphatic imine (C=N–C) groups is 3. The number of aliphatic hydroxyl groups is 2. The number of aliphatic hydroxyl groups excluding tert-OH is 2. The maximum atomic E-state index is 14.4. The van der Waals surface area contributed by atoms with Crippen molar-refractivity contribution in [2.75, 3.05) is 13.2 Å². The van der Waals surface area contributed by atoms with Crippen LogP contribution in [-0.2, 0) is 68.7 Å². The van der Waals surface area contributed by atoms with Gasteiger partial charge in [-0.3, -0.25) is 53.1 Å². The smallest absolute Gasteiger partial charge is 0.756 e. The van der Waals surface area contributed by atoms with Gasteiger partial charge in [0, 0.05) is 108 Å². The number of amides is 7. The van der Waals surface area contributed by atoms with E-state index in [2.05, 4.69) is 10.3 Å². The molecule has 0 aliphatic carbocycles. The minimum atomic E-state index is -5.32. The Morgan fingerprint density at radius 2 is 1.39 bits per heavy atom. The van der Waals surface area contributed by atoms with Crippen molar-refractivity contribution < 1.29 is 83.8 Å². The molecule has 1 aromatic heterocycles. The predicted molar refractivity (Wildman–Crippen MR) is 337 cm³/mol. The van der Waals surface area contributed by atoms with Crippen molar-refractivity contribution in [3.63, 3.8) is 0 Å². The summed E-state index contributed by atoms with van der Waals surface area (Å²) in [5, 5.41) is 36.4. The molecule has 0 radical (unpaired) electrons. The first-order valence-electron chi connectivity index (χ1n) is 30.7. The zero-order valence-corrected chi connectivity index (χ0v) is 56.4. The Balaban J connectivity index is 0.00000453. The Bertz CT molecular complexity index is 3600. The Morgan fingerprint density at radius 1 is 0.806 bits per heavy atom. The number of imidazole rings is 1. The van der Waals surface area contributed by atoms with Crippen molar-refractivity contribution in [1.82, 2.24) is 14.9 Å². The predicted octanol–water partition coefficient (Wildman–Crippen LogP) is 3.41. The van der Waals surface area contributed by atoms with Gasteiger partial charge in [0.15, 0.2) is 6.23 Å². The van der Waals surface area contributed by atoms with E-state index < -0.39 is 143 Å². The van der Waals surface area contributed by atoms with E-state index in [-0.39, 0.29) is 94.0 Å². The van der Waals surface area contributed by atoms with E-state index in [1.807, 2.05) is 80.5 Å². The molecule has 2 saturated heterocycles. The number of aryl methyl sites for hydroxylation is 2. The quantitative estimate of drug-likeness (QED) is 0.0481. The fourth-order valence-corrected chi connectivity index (χ4v) is 16.4. The average molecular weight is 1360 g/mol. The van der Waals surface area contributed by atoms with Crippen molar-refractivity contribution in [3.05, 3.63) is 75.8 Å². The van der Waals surface area contributed by atoms with E-state index in [1.54, 1.807) is 6.92 Å². The van der Waals surface area contributed by atoms with Crippen molar-refractivity contribution >= 4 is 77.3 Å². The number of ether oxygens (including phenoxy) is 1. The van der Waals surface area contributed by atoms with Gasteiger partial charge in [-0.05, 0) is 119 Å². The number of hydrogen-bond donors (Lipinski definition) is 9. The molecule has 0 spiro atoms. The SMILES string of the molecule is C/C1=C2/[N-][C@H]([C@H](CC(N)=O)[C@@]2(C)CCC(=O)NC[C@H](C)OP(=O)([O-])O[C@@H]2[C@@H](CO)OC(n3cnc4cc(C)c(C)cc43)[C@@H]2O)[C@]2(C)N=C(/C(C)=C3N=C(/C=C4N=C1[C@@H](CCC(N)=O)C\4(C)C)[C@@H](CCC(N)=O)[C@]\3(C)CC(N)=O)[C@@H](CCC(N)=O)[C@]2(C)CC(N)=O.[C-]#N.[Co+3]. The minimum Gasteiger partial charge on any atom is -0.756 e. The fraction of sp³-hybridized carbons (Fsp3) is 0.619. The first-order valence-corrected chi connectivity index (χ1v) is 32.2. The summed E-state index contributed by atoms with van der Waals surface area (Å²) in [5.41, 5.74) is 36.7. The summed E-state index contributed by atoms with van der Waals surface area (Å²) in [7, 11) is -5.32. The maximum absolute atomic E-state index is 14.4. The summed E-state index contributed by atoms with van der Waals surface area (Å²) in [5.74, 6) is -7.40. The molecule has 6 aliphatic rings. The van der Waals surface area contributed by atoms with Gasteiger partial charge >= 0.3 is 16.8 Å². The topological polar surface area (TPSA) is 489 Å². The van der Waals surface area contributed by atoms with Crippen LogP contribution in [0.25, 0.3) is 16.4 Å². The van der Waals surface area contributed by atoms with Crippen molar-refractivity contribution in [2.45, 2.75) is 189 Å². The number of nitrogens with one attached hydrogen (secondary N) is 1. The van der Waals surface area contributed by atoms with Gasteiger partial charge in [-0.2, -0.15) is 5.70 Å². The molecule has 30 heteroatoms. The molecule has 508 valence electrons. The molecular weight excluding hydrogens is 1270 g/mol. The fourth-order valence-electron chi connectivity index (χ4n) is 15.3. The number of phosphoric acid groups is 1. The molecule has 8 rings (SSSR count). The Hall–Kier alpha value is -7.00. The van der Waals surface area contributed by atoms with Crippen LogP contribution >= 0.6 is 7.82 Å². The van der Waals surface area contributed by atoms with Gasteiger partial charge in [0.2, 0.25) is 41.4 Å². The van der Waals surface area contributed by atoms with Gasteiger partial charge in [0.1, 0.15) is 18.3 Å². The zero-order chi connectivity index (χ0) is 68.7. The molecule has 2 aromatic rings. The van der Waals surface area contributed by atoms with Gasteiger partial charge in [-0.15, -0.1) is 0 Å². The standard InChI is InChI=1S/C62H90N13O14P.CN.Co/c1-29-20-39-40(21-30(29)2)75(28-70-39)57-52(84)53(41(27-76)87-57)89-90(85,86)88-31(3)26-69-49(83)18-19-59(8)37(22-46(66)80)56-62(11)61(10,25-48(68)82)36(14-17-45(65)79)51(74-62)33(5)55-60(9,24-47(67)81)34(12-15-43(63)77)38(71-55)23-42-58(6,7)35(13-16-44(64)78)50(72-42)32(4)54(59)73-56;1-2;/h20-21,23,28,31,34-37,41,52-53,56-57,76,84H,12-19,22,24-27H2,1-11H3,(H15,63,64,65,66,67,68,69,71,72,73,74,77,78,79,80,81,82,83,85,86);;/q;-1;+3/p-2/t31-,34+,35+,36+,37-,41+,52+,53+,56+,57?,59+,60-,61-,62-;;/m0../s1. The number of nitrogens with two attached hydrogens (primary N) is 6. The van der Waals surface area contributed by atoms with E-state index in [4.69, 9.17) is 80.3 Å². The zero-order valence-electron chi connectivity index (χ0n) is 54.4. The van der Waals surface area contributed by atoms with Gasteiger partial charge in [0.05, 0.1) is 41.3 Å². The number of phosphoric ester groups is 1. The number of fused-ring (bicyclic) bond motifs is 7. The molecule has 8 bridgehead atoms. The van der Waals surface area contributed by atoms with Crippen LogP contribution in [0.3, 0.4) is 0 Å². The number of benzene rings is 1. The van der Waals surface area contributed by atoms with Crippen molar-refractivity contribution in [2.24, 2.45) is 94.7 Å². The Kier molecular flexibility index (Phi) is 23.0. The van der Waals surface area contributed by atoms with Crippen LogP contribution in [0.4, 0.5) is 0 Å². The monoisotopic (exact) mass is 1350 g/mol. The number of primary amides is 6. The third-order valence-electron chi connectivity index (χ3n) is 20.5. The molecular formula is C63H88CoN14O14P.